The number of nitrogens with zero attached hydrogens (tertiary/aromatic N) is 2. The fourth-order valence-electron chi connectivity index (χ4n) is 0.935. The van der Waals surface area contributed by atoms with Gasteiger partial charge in [0.15, 0.2) is 5.82 Å². The molecule has 0 aliphatic rings. The molecule has 15 heavy (non-hydrogen) atoms. The maximum absolute atomic E-state index is 11.4. The molecule has 0 saturated heterocycles. The van der Waals surface area contributed by atoms with Crippen LogP contribution in [-0.4, -0.2) is 26.9 Å². The van der Waals surface area contributed by atoms with Crippen molar-refractivity contribution >= 4 is 21.8 Å². The van der Waals surface area contributed by atoms with Crippen LogP contribution in [0.2, 0.25) is 0 Å². The number of hydrogen-bond donors (Lipinski definition) is 1. The van der Waals surface area contributed by atoms with Gasteiger partial charge in [-0.05, 0) is 20.8 Å². The van der Waals surface area contributed by atoms with Gasteiger partial charge in [-0.25, -0.2) is 0 Å². The van der Waals surface area contributed by atoms with Crippen LogP contribution in [0.3, 0.4) is 0 Å². The Morgan fingerprint density at radius 1 is 1.60 bits per heavy atom. The topological polar surface area (TPSA) is 68.0 Å². The second-order valence-electron chi connectivity index (χ2n) is 3.71. The molecule has 84 valence electrons. The number of aryl methyl sites for hydroxylation is 1. The molecule has 0 atom stereocenters. The predicted molar refractivity (Wildman–Crippen MR) is 58.8 cm³/mol. The lowest BCUT2D eigenvalue weighted by Gasteiger charge is -2.14. The quantitative estimate of drug-likeness (QED) is 0.839. The van der Waals surface area contributed by atoms with Crippen LogP contribution in [0.25, 0.3) is 0 Å². The van der Waals surface area contributed by atoms with E-state index in [1.165, 1.54) is 0 Å². The van der Waals surface area contributed by atoms with Gasteiger partial charge in [-0.15, -0.1) is 0 Å². The van der Waals surface area contributed by atoms with Gasteiger partial charge in [-0.2, -0.15) is 4.98 Å². The Morgan fingerprint density at radius 2 is 2.27 bits per heavy atom. The van der Waals surface area contributed by atoms with Crippen molar-refractivity contribution in [2.45, 2.75) is 31.5 Å². The van der Waals surface area contributed by atoms with Crippen LogP contribution in [-0.2, 0) is 11.2 Å². The Labute approximate surface area is 96.7 Å². The van der Waals surface area contributed by atoms with Crippen molar-refractivity contribution in [3.63, 3.8) is 0 Å². The minimum atomic E-state index is -0.544. The number of carbonyl (C=O) groups is 1. The molecule has 0 spiro atoms. The SMILES string of the molecule is Cc1noc(CCNC(=O)C(C)(C)Br)n1. The zero-order valence-electron chi connectivity index (χ0n) is 9.00. The highest BCUT2D eigenvalue weighted by Gasteiger charge is 2.22. The number of halogens is 1. The third kappa shape index (κ3) is 3.99. The van der Waals surface area contributed by atoms with Crippen molar-refractivity contribution in [2.24, 2.45) is 0 Å². The summed E-state index contributed by atoms with van der Waals surface area (Å²) in [5, 5.41) is 6.42. The standard InChI is InChI=1S/C9H14BrN3O2/c1-6-12-7(15-13-6)4-5-11-8(14)9(2,3)10/h4-5H2,1-3H3,(H,11,14). The van der Waals surface area contributed by atoms with Crippen LogP contribution in [0.4, 0.5) is 0 Å². The lowest BCUT2D eigenvalue weighted by Crippen LogP contribution is -2.38. The van der Waals surface area contributed by atoms with Gasteiger partial charge in [0.25, 0.3) is 0 Å². The van der Waals surface area contributed by atoms with Gasteiger partial charge in [-0.1, -0.05) is 21.1 Å². The van der Waals surface area contributed by atoms with E-state index in [0.717, 1.165) is 0 Å². The Kier molecular flexibility index (Phi) is 3.84. The zero-order valence-corrected chi connectivity index (χ0v) is 10.6. The van der Waals surface area contributed by atoms with Gasteiger partial charge in [0.05, 0.1) is 4.32 Å². The van der Waals surface area contributed by atoms with Crippen molar-refractivity contribution < 1.29 is 9.32 Å². The summed E-state index contributed by atoms with van der Waals surface area (Å²) in [7, 11) is 0. The van der Waals surface area contributed by atoms with E-state index < -0.39 is 4.32 Å². The van der Waals surface area contributed by atoms with Crippen molar-refractivity contribution in [3.8, 4) is 0 Å². The molecule has 0 bridgehead atoms. The van der Waals surface area contributed by atoms with E-state index in [0.29, 0.717) is 24.7 Å². The van der Waals surface area contributed by atoms with Gasteiger partial charge < -0.3 is 9.84 Å². The molecule has 6 heteroatoms. The van der Waals surface area contributed by atoms with E-state index in [2.05, 4.69) is 31.4 Å². The van der Waals surface area contributed by atoms with Crippen LogP contribution in [0.5, 0.6) is 0 Å². The fourth-order valence-corrected chi connectivity index (χ4v) is 1.07. The van der Waals surface area contributed by atoms with Crippen molar-refractivity contribution in [2.75, 3.05) is 6.54 Å². The normalized spacial score (nSPS) is 11.5. The first kappa shape index (κ1) is 12.2. The molecule has 1 aromatic rings. The molecule has 0 aliphatic carbocycles. The number of carbonyl (C=O) groups excluding carboxylic acids is 1. The molecule has 0 aromatic carbocycles. The number of alkyl halides is 1. The highest BCUT2D eigenvalue weighted by Crippen LogP contribution is 2.14. The summed E-state index contributed by atoms with van der Waals surface area (Å²) in [6.07, 6.45) is 0.551. The van der Waals surface area contributed by atoms with Crippen LogP contribution >= 0.6 is 15.9 Å². The first-order chi connectivity index (χ1) is 6.89. The molecule has 0 fully saturated rings. The lowest BCUT2D eigenvalue weighted by molar-refractivity contribution is -0.122. The van der Waals surface area contributed by atoms with E-state index in [9.17, 15) is 4.79 Å². The molecule has 1 amide bonds. The average molecular weight is 276 g/mol. The van der Waals surface area contributed by atoms with Crippen molar-refractivity contribution in [1.29, 1.82) is 0 Å². The first-order valence-electron chi connectivity index (χ1n) is 4.66. The monoisotopic (exact) mass is 275 g/mol. The summed E-state index contributed by atoms with van der Waals surface area (Å²) in [6, 6.07) is 0. The average Bonchev–Trinajstić information content (AvgIpc) is 2.49. The third-order valence-electron chi connectivity index (χ3n) is 1.73. The molecule has 1 N–H and O–H groups in total. The number of nitrogens with one attached hydrogen (secondary N) is 1. The largest absolute Gasteiger partial charge is 0.354 e. The zero-order chi connectivity index (χ0) is 11.5. The van der Waals surface area contributed by atoms with Crippen molar-refractivity contribution in [3.05, 3.63) is 11.7 Å². The highest BCUT2D eigenvalue weighted by molar-refractivity contribution is 9.10. The number of hydrogen-bond acceptors (Lipinski definition) is 4. The molecular formula is C9H14BrN3O2. The molecule has 1 rings (SSSR count). The lowest BCUT2D eigenvalue weighted by atomic mass is 10.2. The van der Waals surface area contributed by atoms with Gasteiger partial charge in [-0.3, -0.25) is 4.79 Å². The molecular weight excluding hydrogens is 262 g/mol. The van der Waals surface area contributed by atoms with Gasteiger partial charge in [0.2, 0.25) is 11.8 Å². The Morgan fingerprint density at radius 3 is 2.73 bits per heavy atom. The summed E-state index contributed by atoms with van der Waals surface area (Å²) in [5.41, 5.74) is 0. The second kappa shape index (κ2) is 4.74. The van der Waals surface area contributed by atoms with E-state index in [1.54, 1.807) is 20.8 Å². The highest BCUT2D eigenvalue weighted by atomic mass is 79.9. The Bertz CT molecular complexity index is 343. The Balaban J connectivity index is 2.31. The van der Waals surface area contributed by atoms with E-state index >= 15 is 0 Å². The molecule has 1 heterocycles. The predicted octanol–water partition coefficient (Wildman–Crippen LogP) is 1.21. The fraction of sp³-hybridized carbons (Fsp3) is 0.667. The van der Waals surface area contributed by atoms with Crippen LogP contribution in [0.1, 0.15) is 25.6 Å². The minimum Gasteiger partial charge on any atom is -0.354 e. The van der Waals surface area contributed by atoms with Crippen LogP contribution in [0, 0.1) is 6.92 Å². The molecule has 0 saturated carbocycles. The molecule has 1 aromatic heterocycles. The second-order valence-corrected chi connectivity index (χ2v) is 5.70. The van der Waals surface area contributed by atoms with Crippen LogP contribution in [0.15, 0.2) is 4.52 Å². The first-order valence-corrected chi connectivity index (χ1v) is 5.45. The smallest absolute Gasteiger partial charge is 0.236 e. The van der Waals surface area contributed by atoms with Crippen molar-refractivity contribution in [1.82, 2.24) is 15.5 Å². The maximum Gasteiger partial charge on any atom is 0.236 e. The van der Waals surface area contributed by atoms with Gasteiger partial charge in [0, 0.05) is 13.0 Å². The summed E-state index contributed by atoms with van der Waals surface area (Å²) in [5.74, 6) is 1.09. The molecule has 0 radical (unpaired) electrons. The summed E-state index contributed by atoms with van der Waals surface area (Å²) < 4.78 is 4.36. The Hall–Kier alpha value is -0.910. The third-order valence-corrected chi connectivity index (χ3v) is 2.09. The molecule has 5 nitrogen and oxygen atoms in total. The minimum absolute atomic E-state index is 0.0567. The number of amides is 1. The van der Waals surface area contributed by atoms with Gasteiger partial charge >= 0.3 is 0 Å². The van der Waals surface area contributed by atoms with E-state index in [1.807, 2.05) is 0 Å². The van der Waals surface area contributed by atoms with Crippen LogP contribution < -0.4 is 5.32 Å². The van der Waals surface area contributed by atoms with E-state index in [-0.39, 0.29) is 5.91 Å². The number of rotatable bonds is 4. The van der Waals surface area contributed by atoms with E-state index in [4.69, 9.17) is 4.52 Å². The number of aromatic nitrogens is 2. The van der Waals surface area contributed by atoms with Gasteiger partial charge in [0.1, 0.15) is 0 Å². The summed E-state index contributed by atoms with van der Waals surface area (Å²) in [6.45, 7) is 5.83. The summed E-state index contributed by atoms with van der Waals surface area (Å²) >= 11 is 3.27. The maximum atomic E-state index is 11.4. The summed E-state index contributed by atoms with van der Waals surface area (Å²) in [4.78, 5) is 15.5. The molecule has 0 unspecified atom stereocenters. The molecule has 0 aliphatic heterocycles.